The number of morpholine rings is 1. The topological polar surface area (TPSA) is 59.1 Å². The van der Waals surface area contributed by atoms with Gasteiger partial charge in [0.2, 0.25) is 0 Å². The van der Waals surface area contributed by atoms with Crippen molar-refractivity contribution in [3.05, 3.63) is 47.0 Å². The second-order valence-electron chi connectivity index (χ2n) is 9.04. The number of carbonyl (C=O) groups is 2. The maximum Gasteiger partial charge on any atom is 0.290 e. The van der Waals surface area contributed by atoms with Crippen LogP contribution in [0.5, 0.6) is 0 Å². The van der Waals surface area contributed by atoms with E-state index in [0.29, 0.717) is 44.6 Å². The Labute approximate surface area is 186 Å². The summed E-state index contributed by atoms with van der Waals surface area (Å²) >= 11 is 0. The molecule has 3 aliphatic heterocycles. The molecular weight excluding hydrogens is 418 g/mol. The minimum Gasteiger partial charge on any atom is -0.483 e. The summed E-state index contributed by atoms with van der Waals surface area (Å²) in [7, 11) is 0. The molecule has 172 valence electrons. The van der Waals surface area contributed by atoms with E-state index in [2.05, 4.69) is 4.90 Å². The molecule has 1 amide bonds. The largest absolute Gasteiger partial charge is 0.483 e. The van der Waals surface area contributed by atoms with Crippen LogP contribution in [0.1, 0.15) is 37.3 Å². The average Bonchev–Trinajstić information content (AvgIpc) is 3.07. The summed E-state index contributed by atoms with van der Waals surface area (Å²) in [6.45, 7) is 4.33. The van der Waals surface area contributed by atoms with Gasteiger partial charge in [0, 0.05) is 26.2 Å². The number of halogens is 2. The summed E-state index contributed by atoms with van der Waals surface area (Å²) in [4.78, 5) is 30.7. The predicted molar refractivity (Wildman–Crippen MR) is 112 cm³/mol. The molecule has 4 atom stereocenters. The van der Waals surface area contributed by atoms with E-state index in [1.807, 2.05) is 0 Å². The van der Waals surface area contributed by atoms with Crippen LogP contribution in [0.15, 0.2) is 35.6 Å². The van der Waals surface area contributed by atoms with Crippen molar-refractivity contribution in [2.45, 2.75) is 44.0 Å². The lowest BCUT2D eigenvalue weighted by Gasteiger charge is -2.36. The van der Waals surface area contributed by atoms with Gasteiger partial charge >= 0.3 is 0 Å². The molecular formula is C24H28F2N2O4. The molecule has 1 aliphatic carbocycles. The fourth-order valence-corrected chi connectivity index (χ4v) is 5.41. The van der Waals surface area contributed by atoms with Crippen LogP contribution < -0.4 is 0 Å². The van der Waals surface area contributed by atoms with Crippen molar-refractivity contribution in [1.82, 2.24) is 9.80 Å². The van der Waals surface area contributed by atoms with E-state index in [1.165, 1.54) is 12.1 Å². The molecule has 6 nitrogen and oxygen atoms in total. The zero-order valence-corrected chi connectivity index (χ0v) is 18.0. The fourth-order valence-electron chi connectivity index (χ4n) is 5.41. The van der Waals surface area contributed by atoms with Crippen molar-refractivity contribution in [3.8, 4) is 0 Å². The van der Waals surface area contributed by atoms with Gasteiger partial charge in [0.15, 0.2) is 11.5 Å². The third-order valence-electron chi connectivity index (χ3n) is 7.02. The molecule has 1 saturated heterocycles. The van der Waals surface area contributed by atoms with Crippen LogP contribution in [0.3, 0.4) is 0 Å². The first-order valence-electron chi connectivity index (χ1n) is 11.5. The fraction of sp³-hybridized carbons (Fsp3) is 0.583. The Kier molecular flexibility index (Phi) is 5.99. The predicted octanol–water partition coefficient (Wildman–Crippen LogP) is 2.79. The number of fused-ring (bicyclic) bond motifs is 1. The number of ketones is 1. The van der Waals surface area contributed by atoms with Crippen LogP contribution >= 0.6 is 0 Å². The van der Waals surface area contributed by atoms with Gasteiger partial charge in [-0.3, -0.25) is 14.5 Å². The summed E-state index contributed by atoms with van der Waals surface area (Å²) < 4.78 is 39.6. The average molecular weight is 446 g/mol. The van der Waals surface area contributed by atoms with Crippen LogP contribution in [0.25, 0.3) is 0 Å². The van der Waals surface area contributed by atoms with Gasteiger partial charge in [0.25, 0.3) is 5.91 Å². The number of hydrogen-bond donors (Lipinski definition) is 0. The van der Waals surface area contributed by atoms with Crippen molar-refractivity contribution < 1.29 is 27.8 Å². The first-order chi connectivity index (χ1) is 15.5. The van der Waals surface area contributed by atoms with Gasteiger partial charge in [-0.15, -0.1) is 0 Å². The van der Waals surface area contributed by atoms with Gasteiger partial charge in [-0.2, -0.15) is 0 Å². The summed E-state index contributed by atoms with van der Waals surface area (Å²) in [6.07, 6.45) is 0.0806. The number of hydrogen-bond acceptors (Lipinski definition) is 5. The first kappa shape index (κ1) is 21.5. The Balaban J connectivity index is 1.42. The van der Waals surface area contributed by atoms with Crippen molar-refractivity contribution in [2.75, 3.05) is 39.4 Å². The molecule has 1 saturated carbocycles. The normalized spacial score (nSPS) is 30.9. The van der Waals surface area contributed by atoms with E-state index in [1.54, 1.807) is 17.0 Å². The van der Waals surface area contributed by atoms with Crippen LogP contribution in [0, 0.1) is 11.7 Å². The number of ether oxygens (including phenoxy) is 2. The number of rotatable bonds is 5. The number of Topliss-reactive ketones (excluding diaryl/α,β-unsaturated/α-hetero) is 1. The number of amides is 1. The Morgan fingerprint density at radius 1 is 1.09 bits per heavy atom. The van der Waals surface area contributed by atoms with Gasteiger partial charge in [-0.1, -0.05) is 12.1 Å². The molecule has 8 heteroatoms. The van der Waals surface area contributed by atoms with Crippen LogP contribution in [-0.4, -0.2) is 73.2 Å². The lowest BCUT2D eigenvalue weighted by Crippen LogP contribution is -2.42. The Morgan fingerprint density at radius 3 is 2.69 bits per heavy atom. The van der Waals surface area contributed by atoms with Gasteiger partial charge in [-0.25, -0.2) is 8.78 Å². The number of nitrogens with zero attached hydrogens (tertiary/aromatic N) is 2. The van der Waals surface area contributed by atoms with Crippen molar-refractivity contribution in [2.24, 2.45) is 5.92 Å². The third-order valence-corrected chi connectivity index (χ3v) is 7.02. The first-order valence-corrected chi connectivity index (χ1v) is 11.5. The van der Waals surface area contributed by atoms with E-state index in [4.69, 9.17) is 9.47 Å². The molecule has 0 bridgehead atoms. The Morgan fingerprint density at radius 2 is 1.91 bits per heavy atom. The molecule has 4 aliphatic rings. The van der Waals surface area contributed by atoms with E-state index in [9.17, 15) is 18.4 Å². The Hall–Kier alpha value is -2.32. The minimum absolute atomic E-state index is 0.0780. The van der Waals surface area contributed by atoms with Crippen LogP contribution in [0.2, 0.25) is 0 Å². The lowest BCUT2D eigenvalue weighted by atomic mass is 9.77. The summed E-state index contributed by atoms with van der Waals surface area (Å²) in [5.41, 5.74) is 0.806. The van der Waals surface area contributed by atoms with Crippen molar-refractivity contribution >= 4 is 11.7 Å². The molecule has 4 unspecified atom stereocenters. The highest BCUT2D eigenvalue weighted by molar-refractivity contribution is 6.11. The maximum atomic E-state index is 14.1. The molecule has 0 spiro atoms. The standard InChI is InChI=1S/C24H28F2N2O4/c25-16-4-1-3-15(13-16)21-20-22(29)18-14-17(26)5-6-19(18)32-23(20)24(30)28(21)8-2-7-27-9-11-31-12-10-27/h1,3-4,13,17-19,21H,2,5-12,14H2. The van der Waals surface area contributed by atoms with Gasteiger partial charge in [-0.05, 0) is 43.4 Å². The van der Waals surface area contributed by atoms with E-state index in [-0.39, 0.29) is 29.4 Å². The summed E-state index contributed by atoms with van der Waals surface area (Å²) in [5, 5.41) is 0. The van der Waals surface area contributed by atoms with Crippen LogP contribution in [-0.2, 0) is 19.1 Å². The monoisotopic (exact) mass is 446 g/mol. The van der Waals surface area contributed by atoms with Crippen LogP contribution in [0.4, 0.5) is 8.78 Å². The second-order valence-corrected chi connectivity index (χ2v) is 9.04. The highest BCUT2D eigenvalue weighted by Crippen LogP contribution is 2.47. The molecule has 1 aromatic carbocycles. The van der Waals surface area contributed by atoms with Gasteiger partial charge in [0.1, 0.15) is 18.1 Å². The molecule has 2 fully saturated rings. The van der Waals surface area contributed by atoms with Crippen molar-refractivity contribution in [3.63, 3.8) is 0 Å². The SMILES string of the molecule is O=C1C2=C(OC3CCC(F)CC13)C(=O)N(CCCN1CCOCC1)C2c1cccc(F)c1. The quantitative estimate of drug-likeness (QED) is 0.696. The van der Waals surface area contributed by atoms with Gasteiger partial charge in [0.05, 0.1) is 30.7 Å². The smallest absolute Gasteiger partial charge is 0.290 e. The zero-order valence-electron chi connectivity index (χ0n) is 18.0. The highest BCUT2D eigenvalue weighted by atomic mass is 19.1. The second kappa shape index (κ2) is 8.90. The molecule has 5 rings (SSSR count). The molecule has 3 heterocycles. The summed E-state index contributed by atoms with van der Waals surface area (Å²) in [6, 6.07) is 5.30. The zero-order chi connectivity index (χ0) is 22.2. The lowest BCUT2D eigenvalue weighted by molar-refractivity contribution is -0.136. The van der Waals surface area contributed by atoms with Gasteiger partial charge < -0.3 is 14.4 Å². The van der Waals surface area contributed by atoms with E-state index >= 15 is 0 Å². The summed E-state index contributed by atoms with van der Waals surface area (Å²) in [5.74, 6) is -1.49. The minimum atomic E-state index is -1.04. The Bertz CT molecular complexity index is 930. The molecule has 0 radical (unpaired) electrons. The highest BCUT2D eigenvalue weighted by Gasteiger charge is 2.52. The van der Waals surface area contributed by atoms with E-state index in [0.717, 1.165) is 19.6 Å². The van der Waals surface area contributed by atoms with E-state index < -0.39 is 30.1 Å². The molecule has 0 N–H and O–H groups in total. The molecule has 1 aromatic rings. The molecule has 0 aromatic heterocycles. The third kappa shape index (κ3) is 3.94. The number of carbonyl (C=O) groups excluding carboxylic acids is 2. The van der Waals surface area contributed by atoms with Crippen molar-refractivity contribution in [1.29, 1.82) is 0 Å². The number of alkyl halides is 1. The molecule has 32 heavy (non-hydrogen) atoms. The maximum absolute atomic E-state index is 14.1. The number of benzene rings is 1.